The molecule has 114 valence electrons. The molecule has 4 nitrogen and oxygen atoms in total. The average molecular weight is 309 g/mol. The molecule has 0 aliphatic heterocycles. The van der Waals surface area contributed by atoms with Crippen molar-refractivity contribution in [3.8, 4) is 0 Å². The van der Waals surface area contributed by atoms with Gasteiger partial charge in [0.15, 0.2) is 5.58 Å². The molecule has 0 aliphatic rings. The van der Waals surface area contributed by atoms with Crippen molar-refractivity contribution in [1.82, 2.24) is 10.5 Å². The van der Waals surface area contributed by atoms with E-state index in [4.69, 9.17) is 16.1 Å². The number of para-hydroxylation sites is 1. The summed E-state index contributed by atoms with van der Waals surface area (Å²) in [5, 5.41) is 7.93. The van der Waals surface area contributed by atoms with Gasteiger partial charge < -0.3 is 9.84 Å². The summed E-state index contributed by atoms with van der Waals surface area (Å²) in [4.78, 5) is 12.3. The van der Waals surface area contributed by atoms with Gasteiger partial charge in [0.2, 0.25) is 5.91 Å². The molecule has 1 unspecified atom stereocenters. The maximum absolute atomic E-state index is 12.3. The van der Waals surface area contributed by atoms with Crippen molar-refractivity contribution in [2.45, 2.75) is 39.7 Å². The zero-order valence-corrected chi connectivity index (χ0v) is 13.4. The molecule has 2 aromatic rings. The molecule has 0 spiro atoms. The predicted octanol–water partition coefficient (Wildman–Crippen LogP) is 3.53. The maximum atomic E-state index is 12.3. The van der Waals surface area contributed by atoms with E-state index in [2.05, 4.69) is 31.2 Å². The smallest absolute Gasteiger partial charge is 0.226 e. The average Bonchev–Trinajstić information content (AvgIpc) is 2.81. The van der Waals surface area contributed by atoms with Gasteiger partial charge in [-0.1, -0.05) is 38.1 Å². The van der Waals surface area contributed by atoms with Gasteiger partial charge in [-0.3, -0.25) is 4.79 Å². The third kappa shape index (κ3) is 3.97. The molecular formula is C16H21ClN2O2. The Morgan fingerprint density at radius 1 is 1.38 bits per heavy atom. The van der Waals surface area contributed by atoms with E-state index < -0.39 is 0 Å². The van der Waals surface area contributed by atoms with Crippen LogP contribution in [0, 0.1) is 5.41 Å². The van der Waals surface area contributed by atoms with Crippen LogP contribution in [0.4, 0.5) is 0 Å². The van der Waals surface area contributed by atoms with Gasteiger partial charge in [0.05, 0.1) is 6.42 Å². The number of hydrogen-bond donors (Lipinski definition) is 1. The number of fused-ring (bicyclic) bond motifs is 1. The first-order chi connectivity index (χ1) is 9.91. The Hall–Kier alpha value is -1.55. The van der Waals surface area contributed by atoms with Crippen LogP contribution in [0.2, 0.25) is 0 Å². The molecule has 5 heteroatoms. The minimum Gasteiger partial charge on any atom is -0.356 e. The quantitative estimate of drug-likeness (QED) is 0.860. The van der Waals surface area contributed by atoms with Crippen LogP contribution < -0.4 is 5.32 Å². The van der Waals surface area contributed by atoms with E-state index in [1.54, 1.807) is 0 Å². The molecule has 1 heterocycles. The summed E-state index contributed by atoms with van der Waals surface area (Å²) in [6, 6.07) is 7.59. The fourth-order valence-electron chi connectivity index (χ4n) is 2.29. The Morgan fingerprint density at radius 2 is 2.10 bits per heavy atom. The van der Waals surface area contributed by atoms with Crippen LogP contribution in [-0.4, -0.2) is 23.0 Å². The molecule has 0 saturated heterocycles. The van der Waals surface area contributed by atoms with Crippen molar-refractivity contribution in [2.24, 2.45) is 5.41 Å². The maximum Gasteiger partial charge on any atom is 0.226 e. The lowest BCUT2D eigenvalue weighted by Crippen LogP contribution is -2.44. The number of rotatable bonds is 5. The molecule has 1 amide bonds. The first kappa shape index (κ1) is 15.8. The van der Waals surface area contributed by atoms with Gasteiger partial charge >= 0.3 is 0 Å². The van der Waals surface area contributed by atoms with Crippen molar-refractivity contribution >= 4 is 28.5 Å². The standard InChI is InChI=1S/C16H21ClN2O2/c1-16(2,3)14(8-9-17)18-15(20)10-12-11-6-4-5-7-13(11)21-19-12/h4-7,14H,8-10H2,1-3H3,(H,18,20). The Morgan fingerprint density at radius 3 is 2.76 bits per heavy atom. The van der Waals surface area contributed by atoms with Gasteiger partial charge in [0.25, 0.3) is 0 Å². The third-order valence-electron chi connectivity index (χ3n) is 3.56. The zero-order chi connectivity index (χ0) is 15.5. The summed E-state index contributed by atoms with van der Waals surface area (Å²) in [5.74, 6) is 0.467. The normalized spacial score (nSPS) is 13.3. The number of nitrogens with one attached hydrogen (secondary N) is 1. The van der Waals surface area contributed by atoms with Crippen LogP contribution in [0.15, 0.2) is 28.8 Å². The summed E-state index contributed by atoms with van der Waals surface area (Å²) >= 11 is 5.83. The number of hydrogen-bond acceptors (Lipinski definition) is 3. The number of halogens is 1. The molecule has 21 heavy (non-hydrogen) atoms. The van der Waals surface area contributed by atoms with E-state index in [9.17, 15) is 4.79 Å². The van der Waals surface area contributed by atoms with Crippen molar-refractivity contribution < 1.29 is 9.32 Å². The minimum absolute atomic E-state index is 0.0313. The second kappa shape index (κ2) is 6.48. The molecule has 1 aromatic heterocycles. The summed E-state index contributed by atoms with van der Waals surface area (Å²) in [7, 11) is 0. The lowest BCUT2D eigenvalue weighted by Gasteiger charge is -2.31. The van der Waals surface area contributed by atoms with E-state index >= 15 is 0 Å². The van der Waals surface area contributed by atoms with E-state index in [0.717, 1.165) is 11.8 Å². The van der Waals surface area contributed by atoms with Gasteiger partial charge in [0, 0.05) is 17.3 Å². The van der Waals surface area contributed by atoms with Crippen molar-refractivity contribution in [3.05, 3.63) is 30.0 Å². The van der Waals surface area contributed by atoms with Crippen LogP contribution in [0.1, 0.15) is 32.9 Å². The Kier molecular flexibility index (Phi) is 4.88. The number of aromatic nitrogens is 1. The van der Waals surface area contributed by atoms with Crippen molar-refractivity contribution in [2.75, 3.05) is 5.88 Å². The van der Waals surface area contributed by atoms with E-state index in [1.165, 1.54) is 0 Å². The van der Waals surface area contributed by atoms with Gasteiger partial charge in [0.1, 0.15) is 5.69 Å². The molecular weight excluding hydrogens is 288 g/mol. The van der Waals surface area contributed by atoms with Gasteiger partial charge in [-0.25, -0.2) is 0 Å². The number of carbonyl (C=O) groups is 1. The highest BCUT2D eigenvalue weighted by Gasteiger charge is 2.26. The zero-order valence-electron chi connectivity index (χ0n) is 12.6. The SMILES string of the molecule is CC(C)(C)C(CCCl)NC(=O)Cc1noc2ccccc12. The van der Waals surface area contributed by atoms with Crippen LogP contribution >= 0.6 is 11.6 Å². The highest BCUT2D eigenvalue weighted by Crippen LogP contribution is 2.23. The molecule has 1 atom stereocenters. The Balaban J connectivity index is 2.07. The summed E-state index contributed by atoms with van der Waals surface area (Å²) in [6.45, 7) is 6.28. The first-order valence-electron chi connectivity index (χ1n) is 7.10. The summed E-state index contributed by atoms with van der Waals surface area (Å²) in [5.41, 5.74) is 1.34. The van der Waals surface area contributed by atoms with Crippen LogP contribution in [0.25, 0.3) is 11.0 Å². The molecule has 1 N–H and O–H groups in total. The van der Waals surface area contributed by atoms with Crippen molar-refractivity contribution in [1.29, 1.82) is 0 Å². The molecule has 0 bridgehead atoms. The van der Waals surface area contributed by atoms with Gasteiger partial charge in [-0.05, 0) is 24.0 Å². The van der Waals surface area contributed by atoms with Crippen molar-refractivity contribution in [3.63, 3.8) is 0 Å². The monoisotopic (exact) mass is 308 g/mol. The Bertz CT molecular complexity index is 616. The largest absolute Gasteiger partial charge is 0.356 e. The third-order valence-corrected chi connectivity index (χ3v) is 3.78. The Labute approximate surface area is 129 Å². The van der Waals surface area contributed by atoms with Gasteiger partial charge in [-0.15, -0.1) is 11.6 Å². The molecule has 0 saturated carbocycles. The fraction of sp³-hybridized carbons (Fsp3) is 0.500. The fourth-order valence-corrected chi connectivity index (χ4v) is 2.51. The lowest BCUT2D eigenvalue weighted by atomic mass is 9.85. The highest BCUT2D eigenvalue weighted by molar-refractivity contribution is 6.17. The summed E-state index contributed by atoms with van der Waals surface area (Å²) < 4.78 is 5.22. The number of benzene rings is 1. The molecule has 0 fully saturated rings. The molecule has 0 aliphatic carbocycles. The topological polar surface area (TPSA) is 55.1 Å². The highest BCUT2D eigenvalue weighted by atomic mass is 35.5. The van der Waals surface area contributed by atoms with Crippen LogP contribution in [0.5, 0.6) is 0 Å². The van der Waals surface area contributed by atoms with E-state index in [-0.39, 0.29) is 23.8 Å². The lowest BCUT2D eigenvalue weighted by molar-refractivity contribution is -0.122. The van der Waals surface area contributed by atoms with E-state index in [0.29, 0.717) is 17.2 Å². The number of amides is 1. The van der Waals surface area contributed by atoms with Gasteiger partial charge in [-0.2, -0.15) is 0 Å². The minimum atomic E-state index is -0.0564. The number of carbonyl (C=O) groups excluding carboxylic acids is 1. The van der Waals surface area contributed by atoms with E-state index in [1.807, 2.05) is 24.3 Å². The summed E-state index contributed by atoms with van der Waals surface area (Å²) in [6.07, 6.45) is 0.961. The number of nitrogens with zero attached hydrogens (tertiary/aromatic N) is 1. The number of alkyl halides is 1. The molecule has 0 radical (unpaired) electrons. The molecule has 1 aromatic carbocycles. The first-order valence-corrected chi connectivity index (χ1v) is 7.64. The second-order valence-corrected chi connectivity index (χ2v) is 6.64. The second-order valence-electron chi connectivity index (χ2n) is 6.27. The molecule has 2 rings (SSSR count). The predicted molar refractivity (Wildman–Crippen MR) is 84.4 cm³/mol. The van der Waals surface area contributed by atoms with Crippen LogP contribution in [0.3, 0.4) is 0 Å². The van der Waals surface area contributed by atoms with Crippen LogP contribution in [-0.2, 0) is 11.2 Å².